The third kappa shape index (κ3) is 4.58. The van der Waals surface area contributed by atoms with Gasteiger partial charge in [0.1, 0.15) is 11.2 Å². The molecule has 2 aromatic heterocycles. The first kappa shape index (κ1) is 24.6. The summed E-state index contributed by atoms with van der Waals surface area (Å²) in [6.45, 7) is 1.73. The van der Waals surface area contributed by atoms with Gasteiger partial charge in [0, 0.05) is 22.4 Å². The van der Waals surface area contributed by atoms with Crippen LogP contribution in [0.4, 0.5) is 0 Å². The van der Waals surface area contributed by atoms with Crippen LogP contribution in [0.3, 0.4) is 0 Å². The fourth-order valence-electron chi connectivity index (χ4n) is 4.68. The Morgan fingerprint density at radius 2 is 1.59 bits per heavy atom. The minimum atomic E-state index is -4.04. The molecule has 0 aliphatic carbocycles. The van der Waals surface area contributed by atoms with Gasteiger partial charge in [0.2, 0.25) is 5.91 Å². The summed E-state index contributed by atoms with van der Waals surface area (Å²) in [6, 6.07) is 25.3. The number of sulfonamides is 1. The molecule has 0 spiro atoms. The van der Waals surface area contributed by atoms with Crippen molar-refractivity contribution in [3.8, 4) is 11.1 Å². The lowest BCUT2D eigenvalue weighted by Crippen LogP contribution is -2.42. The molecule has 0 aliphatic rings. The Kier molecular flexibility index (Phi) is 6.02. The molecule has 0 atom stereocenters. The van der Waals surface area contributed by atoms with Gasteiger partial charge in [0.15, 0.2) is 0 Å². The molecule has 0 fully saturated rings. The van der Waals surface area contributed by atoms with Crippen LogP contribution in [0.5, 0.6) is 0 Å². The van der Waals surface area contributed by atoms with Gasteiger partial charge in [0.25, 0.3) is 10.0 Å². The Bertz CT molecular complexity index is 2060. The smallest absolute Gasteiger partial charge is 0.340 e. The summed E-state index contributed by atoms with van der Waals surface area (Å²) in [5.41, 5.74) is 4.99. The monoisotopic (exact) mass is 538 g/mol. The first-order valence-corrected chi connectivity index (χ1v) is 13.6. The van der Waals surface area contributed by atoms with Crippen molar-refractivity contribution in [2.45, 2.75) is 18.2 Å². The first-order valence-electron chi connectivity index (χ1n) is 12.1. The van der Waals surface area contributed by atoms with Gasteiger partial charge in [-0.3, -0.25) is 10.2 Å². The number of aryl methyl sites for hydroxylation is 1. The lowest BCUT2D eigenvalue weighted by molar-refractivity contribution is -0.120. The van der Waals surface area contributed by atoms with Crippen molar-refractivity contribution >= 4 is 48.6 Å². The van der Waals surface area contributed by atoms with Crippen molar-refractivity contribution < 1.29 is 22.0 Å². The molecule has 194 valence electrons. The standard InChI is InChI=1S/C30H22N2O6S/c1-18-23-14-25-26(20-8-3-2-4-9-20)17-37-27(25)16-28(23)38-30(34)24(18)15-29(33)31-32-39(35,36)22-12-11-19-7-5-6-10-21(19)13-22/h2-14,16-17,32H,15H2,1H3,(H,31,33). The number of rotatable bonds is 6. The molecule has 2 N–H and O–H groups in total. The highest BCUT2D eigenvalue weighted by molar-refractivity contribution is 7.89. The molecule has 0 aliphatic heterocycles. The van der Waals surface area contributed by atoms with E-state index in [1.807, 2.05) is 54.6 Å². The first-order chi connectivity index (χ1) is 18.8. The topological polar surface area (TPSA) is 119 Å². The van der Waals surface area contributed by atoms with Crippen molar-refractivity contribution in [2.24, 2.45) is 0 Å². The number of nitrogens with one attached hydrogen (secondary N) is 2. The lowest BCUT2D eigenvalue weighted by atomic mass is 9.99. The third-order valence-electron chi connectivity index (χ3n) is 6.76. The normalized spacial score (nSPS) is 11.8. The highest BCUT2D eigenvalue weighted by Gasteiger charge is 2.20. The molecule has 0 radical (unpaired) electrons. The van der Waals surface area contributed by atoms with E-state index in [0.29, 0.717) is 22.1 Å². The molecule has 9 heteroatoms. The third-order valence-corrected chi connectivity index (χ3v) is 8.00. The van der Waals surface area contributed by atoms with Crippen LogP contribution in [-0.4, -0.2) is 14.3 Å². The number of fused-ring (bicyclic) bond motifs is 3. The molecule has 0 saturated heterocycles. The van der Waals surface area contributed by atoms with Gasteiger partial charge in [-0.05, 0) is 47.0 Å². The van der Waals surface area contributed by atoms with Gasteiger partial charge >= 0.3 is 5.63 Å². The number of benzene rings is 4. The van der Waals surface area contributed by atoms with Crippen LogP contribution in [0.1, 0.15) is 11.1 Å². The van der Waals surface area contributed by atoms with Crippen molar-refractivity contribution in [3.05, 3.63) is 113 Å². The van der Waals surface area contributed by atoms with Crippen molar-refractivity contribution in [1.82, 2.24) is 10.3 Å². The van der Waals surface area contributed by atoms with Crippen LogP contribution in [0.2, 0.25) is 0 Å². The van der Waals surface area contributed by atoms with Gasteiger partial charge in [0.05, 0.1) is 23.1 Å². The van der Waals surface area contributed by atoms with Crippen LogP contribution >= 0.6 is 0 Å². The second-order valence-electron chi connectivity index (χ2n) is 9.19. The van der Waals surface area contributed by atoms with Gasteiger partial charge in [-0.1, -0.05) is 60.7 Å². The van der Waals surface area contributed by atoms with E-state index in [-0.39, 0.29) is 16.9 Å². The van der Waals surface area contributed by atoms with Crippen molar-refractivity contribution in [2.75, 3.05) is 0 Å². The quantitative estimate of drug-likeness (QED) is 0.222. The Morgan fingerprint density at radius 1 is 0.846 bits per heavy atom. The molecule has 6 aromatic rings. The van der Waals surface area contributed by atoms with Crippen LogP contribution in [-0.2, 0) is 21.2 Å². The molecule has 0 bridgehead atoms. The minimum Gasteiger partial charge on any atom is -0.464 e. The van der Waals surface area contributed by atoms with Crippen molar-refractivity contribution in [3.63, 3.8) is 0 Å². The summed E-state index contributed by atoms with van der Waals surface area (Å²) in [6.07, 6.45) is 1.28. The van der Waals surface area contributed by atoms with E-state index in [1.165, 1.54) is 12.1 Å². The van der Waals surface area contributed by atoms with Crippen LogP contribution < -0.4 is 15.9 Å². The zero-order valence-corrected chi connectivity index (χ0v) is 21.5. The molecule has 0 saturated carbocycles. The van der Waals surface area contributed by atoms with Gasteiger partial charge in [-0.15, -0.1) is 4.83 Å². The van der Waals surface area contributed by atoms with E-state index in [0.717, 1.165) is 27.3 Å². The second-order valence-corrected chi connectivity index (χ2v) is 10.9. The van der Waals surface area contributed by atoms with E-state index in [4.69, 9.17) is 8.83 Å². The number of hydrogen-bond donors (Lipinski definition) is 2. The minimum absolute atomic E-state index is 0.00116. The van der Waals surface area contributed by atoms with Crippen LogP contribution in [0.25, 0.3) is 43.8 Å². The van der Waals surface area contributed by atoms with E-state index in [9.17, 15) is 18.0 Å². The maximum absolute atomic E-state index is 12.8. The number of hydrogen-bond acceptors (Lipinski definition) is 6. The molecule has 4 aromatic carbocycles. The van der Waals surface area contributed by atoms with Gasteiger partial charge in [-0.25, -0.2) is 13.2 Å². The largest absolute Gasteiger partial charge is 0.464 e. The highest BCUT2D eigenvalue weighted by Crippen LogP contribution is 2.34. The fourth-order valence-corrected chi connectivity index (χ4v) is 5.57. The zero-order valence-electron chi connectivity index (χ0n) is 20.7. The van der Waals surface area contributed by atoms with Crippen molar-refractivity contribution in [1.29, 1.82) is 0 Å². The molecule has 0 unspecified atom stereocenters. The van der Waals surface area contributed by atoms with E-state index in [2.05, 4.69) is 10.3 Å². The Morgan fingerprint density at radius 3 is 2.38 bits per heavy atom. The molecule has 6 rings (SSSR count). The van der Waals surface area contributed by atoms with Crippen LogP contribution in [0, 0.1) is 6.92 Å². The number of amides is 1. The summed E-state index contributed by atoms with van der Waals surface area (Å²) >= 11 is 0. The molecular formula is C30H22N2O6S. The lowest BCUT2D eigenvalue weighted by Gasteiger charge is -2.11. The number of furan rings is 1. The Labute approximate surface area is 222 Å². The average Bonchev–Trinajstić information content (AvgIpc) is 3.36. The van der Waals surface area contributed by atoms with E-state index < -0.39 is 21.6 Å². The van der Waals surface area contributed by atoms with Gasteiger partial charge < -0.3 is 8.83 Å². The summed E-state index contributed by atoms with van der Waals surface area (Å²) in [5, 5.41) is 3.13. The summed E-state index contributed by atoms with van der Waals surface area (Å²) < 4.78 is 36.8. The summed E-state index contributed by atoms with van der Waals surface area (Å²) in [5.74, 6) is -0.705. The number of hydrazine groups is 1. The SMILES string of the molecule is Cc1c(CC(=O)NNS(=O)(=O)c2ccc3ccccc3c2)c(=O)oc2cc3occ(-c4ccccc4)c3cc12. The maximum atomic E-state index is 12.8. The molecule has 8 nitrogen and oxygen atoms in total. The Hall–Kier alpha value is -4.73. The van der Waals surface area contributed by atoms with E-state index >= 15 is 0 Å². The molecule has 1 amide bonds. The summed E-state index contributed by atoms with van der Waals surface area (Å²) in [7, 11) is -4.04. The predicted octanol–water partition coefficient (Wildman–Crippen LogP) is 5.22. The summed E-state index contributed by atoms with van der Waals surface area (Å²) in [4.78, 5) is 27.6. The molecule has 2 heterocycles. The highest BCUT2D eigenvalue weighted by atomic mass is 32.2. The predicted molar refractivity (Wildman–Crippen MR) is 149 cm³/mol. The molecule has 39 heavy (non-hydrogen) atoms. The van der Waals surface area contributed by atoms with Crippen LogP contribution in [0.15, 0.2) is 110 Å². The molecular weight excluding hydrogens is 516 g/mol. The number of carbonyl (C=O) groups is 1. The fraction of sp³-hybridized carbons (Fsp3) is 0.0667. The maximum Gasteiger partial charge on any atom is 0.340 e. The number of carbonyl (C=O) groups excluding carboxylic acids is 1. The zero-order chi connectivity index (χ0) is 27.1. The van der Waals surface area contributed by atoms with Gasteiger partial charge in [-0.2, -0.15) is 0 Å². The second kappa shape index (κ2) is 9.54. The Balaban J connectivity index is 1.27. The van der Waals surface area contributed by atoms with E-state index in [1.54, 1.807) is 31.4 Å². The average molecular weight is 539 g/mol.